The highest BCUT2D eigenvalue weighted by Crippen LogP contribution is 2.16. The van der Waals surface area contributed by atoms with Crippen molar-refractivity contribution in [1.82, 2.24) is 5.32 Å². The molecule has 1 aliphatic rings. The molecule has 1 aliphatic heterocycles. The summed E-state index contributed by atoms with van der Waals surface area (Å²) >= 11 is 0. The van der Waals surface area contributed by atoms with Crippen molar-refractivity contribution in [2.24, 2.45) is 5.92 Å². The van der Waals surface area contributed by atoms with Crippen molar-refractivity contribution < 1.29 is 0 Å². The minimum Gasteiger partial charge on any atom is -0.313 e. The van der Waals surface area contributed by atoms with Gasteiger partial charge in [-0.25, -0.2) is 0 Å². The molecule has 2 heteroatoms. The van der Waals surface area contributed by atoms with E-state index >= 15 is 0 Å². The van der Waals surface area contributed by atoms with Crippen LogP contribution in [0.15, 0.2) is 12.7 Å². The fourth-order valence-electron chi connectivity index (χ4n) is 1.49. The molecule has 1 heterocycles. The van der Waals surface area contributed by atoms with Gasteiger partial charge in [-0.3, -0.25) is 0 Å². The molecule has 1 rings (SSSR count). The van der Waals surface area contributed by atoms with Crippen LogP contribution in [0.2, 0.25) is 0 Å². The van der Waals surface area contributed by atoms with Gasteiger partial charge in [0.25, 0.3) is 0 Å². The molecule has 0 aliphatic carbocycles. The molecule has 0 saturated carbocycles. The van der Waals surface area contributed by atoms with E-state index in [-0.39, 0.29) is 12.4 Å². The zero-order valence-corrected chi connectivity index (χ0v) is 7.99. The molecule has 1 N–H and O–H groups in total. The summed E-state index contributed by atoms with van der Waals surface area (Å²) in [5.41, 5.74) is 0. The van der Waals surface area contributed by atoms with Crippen molar-refractivity contribution in [3.8, 4) is 0 Å². The molecule has 2 unspecified atom stereocenters. The van der Waals surface area contributed by atoms with Gasteiger partial charge in [-0.15, -0.1) is 19.0 Å². The summed E-state index contributed by atoms with van der Waals surface area (Å²) in [7, 11) is 0. The minimum atomic E-state index is 0. The molecule has 0 amide bonds. The maximum atomic E-state index is 3.80. The predicted molar refractivity (Wildman–Crippen MR) is 52.3 cm³/mol. The maximum Gasteiger partial charge on any atom is 0.00649 e. The summed E-state index contributed by atoms with van der Waals surface area (Å²) in [4.78, 5) is 0. The van der Waals surface area contributed by atoms with Crippen LogP contribution in [0, 0.1) is 5.92 Å². The van der Waals surface area contributed by atoms with E-state index in [1.165, 1.54) is 19.3 Å². The standard InChI is InChI=1S/C9H17N.ClH/c1-3-8-5-6-9(4-2)10-7-8;/h3,8-10H,1,4-7H2,2H3;1H. The van der Waals surface area contributed by atoms with E-state index in [1.54, 1.807) is 0 Å². The van der Waals surface area contributed by atoms with Gasteiger partial charge >= 0.3 is 0 Å². The number of rotatable bonds is 2. The van der Waals surface area contributed by atoms with Crippen molar-refractivity contribution in [3.05, 3.63) is 12.7 Å². The summed E-state index contributed by atoms with van der Waals surface area (Å²) in [6.45, 7) is 7.18. The first-order valence-electron chi connectivity index (χ1n) is 4.22. The molecule has 66 valence electrons. The molecule has 1 saturated heterocycles. The third-order valence-corrected chi connectivity index (χ3v) is 2.38. The number of halogens is 1. The lowest BCUT2D eigenvalue weighted by Gasteiger charge is -2.27. The largest absolute Gasteiger partial charge is 0.313 e. The van der Waals surface area contributed by atoms with E-state index in [9.17, 15) is 0 Å². The SMILES string of the molecule is C=CC1CCC(CC)NC1.Cl. The fraction of sp³-hybridized carbons (Fsp3) is 0.778. The molecule has 0 aromatic carbocycles. The van der Waals surface area contributed by atoms with Crippen molar-refractivity contribution in [2.75, 3.05) is 6.54 Å². The van der Waals surface area contributed by atoms with Gasteiger partial charge in [0.2, 0.25) is 0 Å². The topological polar surface area (TPSA) is 12.0 Å². The van der Waals surface area contributed by atoms with Crippen LogP contribution in [0.4, 0.5) is 0 Å². The lowest BCUT2D eigenvalue weighted by atomic mass is 9.94. The van der Waals surface area contributed by atoms with E-state index in [0.29, 0.717) is 0 Å². The monoisotopic (exact) mass is 175 g/mol. The molecule has 0 aromatic rings. The van der Waals surface area contributed by atoms with Crippen LogP contribution < -0.4 is 5.32 Å². The van der Waals surface area contributed by atoms with Crippen LogP contribution >= 0.6 is 12.4 Å². The zero-order valence-electron chi connectivity index (χ0n) is 7.18. The Morgan fingerprint density at radius 1 is 1.55 bits per heavy atom. The molecule has 11 heavy (non-hydrogen) atoms. The van der Waals surface area contributed by atoms with Crippen LogP contribution in [-0.2, 0) is 0 Å². The van der Waals surface area contributed by atoms with Crippen molar-refractivity contribution in [3.63, 3.8) is 0 Å². The smallest absolute Gasteiger partial charge is 0.00649 e. The quantitative estimate of drug-likeness (QED) is 0.636. The normalized spacial score (nSPS) is 30.6. The summed E-state index contributed by atoms with van der Waals surface area (Å²) in [5.74, 6) is 0.725. The second kappa shape index (κ2) is 5.62. The highest BCUT2D eigenvalue weighted by Gasteiger charge is 2.15. The van der Waals surface area contributed by atoms with Crippen LogP contribution in [-0.4, -0.2) is 12.6 Å². The van der Waals surface area contributed by atoms with Crippen molar-refractivity contribution in [2.45, 2.75) is 32.2 Å². The first kappa shape index (κ1) is 11.0. The first-order valence-corrected chi connectivity index (χ1v) is 4.22. The van der Waals surface area contributed by atoms with E-state index in [0.717, 1.165) is 18.5 Å². The van der Waals surface area contributed by atoms with Crippen LogP contribution in [0.3, 0.4) is 0 Å². The first-order chi connectivity index (χ1) is 4.86. The van der Waals surface area contributed by atoms with Crippen LogP contribution in [0.25, 0.3) is 0 Å². The van der Waals surface area contributed by atoms with Gasteiger partial charge in [-0.05, 0) is 25.2 Å². The molecule has 0 radical (unpaired) electrons. The number of nitrogens with one attached hydrogen (secondary N) is 1. The second-order valence-corrected chi connectivity index (χ2v) is 3.09. The Bertz CT molecular complexity index is 106. The van der Waals surface area contributed by atoms with E-state index < -0.39 is 0 Å². The summed E-state index contributed by atoms with van der Waals surface area (Å²) in [5, 5.41) is 3.50. The van der Waals surface area contributed by atoms with Gasteiger partial charge in [-0.2, -0.15) is 0 Å². The number of piperidine rings is 1. The highest BCUT2D eigenvalue weighted by molar-refractivity contribution is 5.85. The average Bonchev–Trinajstić information content (AvgIpc) is 2.05. The van der Waals surface area contributed by atoms with Gasteiger partial charge in [0, 0.05) is 12.6 Å². The Morgan fingerprint density at radius 2 is 2.27 bits per heavy atom. The lowest BCUT2D eigenvalue weighted by molar-refractivity contribution is 0.343. The molecule has 1 nitrogen and oxygen atoms in total. The molecular formula is C9H18ClN. The molecule has 0 spiro atoms. The van der Waals surface area contributed by atoms with E-state index in [1.807, 2.05) is 0 Å². The molecular weight excluding hydrogens is 158 g/mol. The lowest BCUT2D eigenvalue weighted by Crippen LogP contribution is -2.37. The summed E-state index contributed by atoms with van der Waals surface area (Å²) in [6, 6.07) is 0.774. The fourth-order valence-corrected chi connectivity index (χ4v) is 1.49. The Morgan fingerprint density at radius 3 is 2.64 bits per heavy atom. The van der Waals surface area contributed by atoms with Crippen LogP contribution in [0.5, 0.6) is 0 Å². The summed E-state index contributed by atoms with van der Waals surface area (Å²) < 4.78 is 0. The third-order valence-electron chi connectivity index (χ3n) is 2.38. The zero-order chi connectivity index (χ0) is 7.40. The average molecular weight is 176 g/mol. The Kier molecular flexibility index (Phi) is 5.61. The Labute approximate surface area is 75.7 Å². The Balaban J connectivity index is 0.000001000. The highest BCUT2D eigenvalue weighted by atomic mass is 35.5. The van der Waals surface area contributed by atoms with Gasteiger partial charge in [0.1, 0.15) is 0 Å². The molecule has 1 fully saturated rings. The minimum absolute atomic E-state index is 0. The molecule has 0 aromatic heterocycles. The number of hydrogen-bond acceptors (Lipinski definition) is 1. The van der Waals surface area contributed by atoms with Gasteiger partial charge < -0.3 is 5.32 Å². The number of hydrogen-bond donors (Lipinski definition) is 1. The van der Waals surface area contributed by atoms with Crippen molar-refractivity contribution >= 4 is 12.4 Å². The van der Waals surface area contributed by atoms with Gasteiger partial charge in [0.05, 0.1) is 0 Å². The summed E-state index contributed by atoms with van der Waals surface area (Å²) in [6.07, 6.45) is 5.99. The molecule has 2 atom stereocenters. The van der Waals surface area contributed by atoms with Crippen LogP contribution in [0.1, 0.15) is 26.2 Å². The second-order valence-electron chi connectivity index (χ2n) is 3.09. The molecule has 0 bridgehead atoms. The van der Waals surface area contributed by atoms with E-state index in [4.69, 9.17) is 0 Å². The predicted octanol–water partition coefficient (Wildman–Crippen LogP) is 2.37. The van der Waals surface area contributed by atoms with Crippen molar-refractivity contribution in [1.29, 1.82) is 0 Å². The third kappa shape index (κ3) is 3.26. The maximum absolute atomic E-state index is 3.80. The Hall–Kier alpha value is -0.0100. The van der Waals surface area contributed by atoms with Gasteiger partial charge in [-0.1, -0.05) is 13.0 Å². The van der Waals surface area contributed by atoms with E-state index in [2.05, 4.69) is 24.9 Å². The van der Waals surface area contributed by atoms with Gasteiger partial charge in [0.15, 0.2) is 0 Å².